The number of hydrogen-bond acceptors (Lipinski definition) is 6. The summed E-state index contributed by atoms with van der Waals surface area (Å²) in [5.74, 6) is 0.829. The number of rotatable bonds is 9. The van der Waals surface area contributed by atoms with Crippen molar-refractivity contribution in [3.63, 3.8) is 0 Å². The molecule has 0 radical (unpaired) electrons. The molecule has 0 aliphatic carbocycles. The van der Waals surface area contributed by atoms with E-state index in [2.05, 4.69) is 4.98 Å². The van der Waals surface area contributed by atoms with Crippen LogP contribution >= 0.6 is 11.8 Å². The van der Waals surface area contributed by atoms with Gasteiger partial charge in [-0.05, 0) is 19.2 Å². The van der Waals surface area contributed by atoms with Crippen LogP contribution in [0.3, 0.4) is 0 Å². The van der Waals surface area contributed by atoms with Gasteiger partial charge in [-0.2, -0.15) is 11.8 Å². The second kappa shape index (κ2) is 10.4. The standard InChI is InChI=1S/C17H25N3O4S/c1-19(12-17(22)23)10-15-11-20(7-8-24-15)16(21)5-9-25-13-14-4-2-3-6-18-14/h2-4,6,15H,5,7-13H2,1H3,(H,22,23). The van der Waals surface area contributed by atoms with Crippen LogP contribution in [0.25, 0.3) is 0 Å². The molecule has 0 saturated carbocycles. The number of amides is 1. The molecule has 7 nitrogen and oxygen atoms in total. The third-order valence-corrected chi connectivity index (χ3v) is 4.84. The number of nitrogens with zero attached hydrogens (tertiary/aromatic N) is 3. The lowest BCUT2D eigenvalue weighted by molar-refractivity contribution is -0.142. The summed E-state index contributed by atoms with van der Waals surface area (Å²) in [6.45, 7) is 2.09. The summed E-state index contributed by atoms with van der Waals surface area (Å²) in [6.07, 6.45) is 2.13. The van der Waals surface area contributed by atoms with Gasteiger partial charge in [0.1, 0.15) is 0 Å². The molecule has 1 fully saturated rings. The fourth-order valence-corrected chi connectivity index (χ4v) is 3.52. The zero-order valence-corrected chi connectivity index (χ0v) is 15.3. The van der Waals surface area contributed by atoms with Gasteiger partial charge in [-0.25, -0.2) is 0 Å². The average molecular weight is 367 g/mol. The van der Waals surface area contributed by atoms with Crippen molar-refractivity contribution in [2.75, 3.05) is 45.6 Å². The number of aromatic nitrogens is 1. The third-order valence-electron chi connectivity index (χ3n) is 3.85. The number of carboxylic acids is 1. The van der Waals surface area contributed by atoms with E-state index in [1.165, 1.54) is 0 Å². The summed E-state index contributed by atoms with van der Waals surface area (Å²) >= 11 is 1.70. The lowest BCUT2D eigenvalue weighted by atomic mass is 10.2. The number of carbonyl (C=O) groups excluding carboxylic acids is 1. The number of pyridine rings is 1. The number of aliphatic carboxylic acids is 1. The molecule has 138 valence electrons. The molecule has 1 amide bonds. The maximum atomic E-state index is 12.4. The highest BCUT2D eigenvalue weighted by Crippen LogP contribution is 2.13. The lowest BCUT2D eigenvalue weighted by Gasteiger charge is -2.34. The summed E-state index contributed by atoms with van der Waals surface area (Å²) in [5, 5.41) is 8.80. The van der Waals surface area contributed by atoms with Crippen LogP contribution in [0.2, 0.25) is 0 Å². The SMILES string of the molecule is CN(CC(=O)O)CC1CN(C(=O)CCSCc2ccccn2)CCO1. The van der Waals surface area contributed by atoms with Gasteiger partial charge in [-0.3, -0.25) is 19.5 Å². The number of hydrogen-bond donors (Lipinski definition) is 1. The molecular weight excluding hydrogens is 342 g/mol. The first-order chi connectivity index (χ1) is 12.0. The maximum absolute atomic E-state index is 12.4. The van der Waals surface area contributed by atoms with E-state index in [9.17, 15) is 9.59 Å². The minimum atomic E-state index is -0.865. The fraction of sp³-hybridized carbons (Fsp3) is 0.588. The van der Waals surface area contributed by atoms with Crippen molar-refractivity contribution in [2.24, 2.45) is 0 Å². The molecule has 1 unspecified atom stereocenters. The van der Waals surface area contributed by atoms with Crippen molar-refractivity contribution in [2.45, 2.75) is 18.3 Å². The zero-order chi connectivity index (χ0) is 18.1. The number of ether oxygens (including phenoxy) is 1. The second-order valence-corrected chi connectivity index (χ2v) is 7.15. The predicted molar refractivity (Wildman–Crippen MR) is 96.5 cm³/mol. The van der Waals surface area contributed by atoms with Crippen molar-refractivity contribution in [1.29, 1.82) is 0 Å². The molecule has 1 aromatic rings. The van der Waals surface area contributed by atoms with Crippen molar-refractivity contribution in [1.82, 2.24) is 14.8 Å². The van der Waals surface area contributed by atoms with E-state index in [1.54, 1.807) is 29.9 Å². The number of morpholine rings is 1. The van der Waals surface area contributed by atoms with E-state index in [0.717, 1.165) is 17.2 Å². The molecule has 8 heteroatoms. The van der Waals surface area contributed by atoms with Crippen LogP contribution in [0.4, 0.5) is 0 Å². The molecule has 1 atom stereocenters. The van der Waals surface area contributed by atoms with Gasteiger partial charge >= 0.3 is 5.97 Å². The summed E-state index contributed by atoms with van der Waals surface area (Å²) in [5.41, 5.74) is 1.02. The lowest BCUT2D eigenvalue weighted by Crippen LogP contribution is -2.49. The van der Waals surface area contributed by atoms with Gasteiger partial charge in [-0.15, -0.1) is 0 Å². The predicted octanol–water partition coefficient (Wildman–Crippen LogP) is 0.949. The van der Waals surface area contributed by atoms with Gasteiger partial charge in [0.05, 0.1) is 24.9 Å². The van der Waals surface area contributed by atoms with E-state index < -0.39 is 5.97 Å². The van der Waals surface area contributed by atoms with Gasteiger partial charge in [0.2, 0.25) is 5.91 Å². The third kappa shape index (κ3) is 7.41. The van der Waals surface area contributed by atoms with Crippen molar-refractivity contribution in [3.8, 4) is 0 Å². The van der Waals surface area contributed by atoms with E-state index in [4.69, 9.17) is 9.84 Å². The maximum Gasteiger partial charge on any atom is 0.317 e. The molecule has 0 spiro atoms. The summed E-state index contributed by atoms with van der Waals surface area (Å²) in [7, 11) is 1.74. The molecular formula is C17H25N3O4S. The zero-order valence-electron chi connectivity index (χ0n) is 14.5. The van der Waals surface area contributed by atoms with Crippen LogP contribution in [0, 0.1) is 0 Å². The van der Waals surface area contributed by atoms with Crippen molar-refractivity contribution in [3.05, 3.63) is 30.1 Å². The van der Waals surface area contributed by atoms with E-state index in [-0.39, 0.29) is 18.6 Å². The van der Waals surface area contributed by atoms with Gasteiger partial charge in [0, 0.05) is 43.8 Å². The smallest absolute Gasteiger partial charge is 0.317 e. The molecule has 2 heterocycles. The largest absolute Gasteiger partial charge is 0.480 e. The minimum absolute atomic E-state index is 0.0298. The average Bonchev–Trinajstić information content (AvgIpc) is 2.59. The fourth-order valence-electron chi connectivity index (χ4n) is 2.68. The molecule has 1 saturated heterocycles. The highest BCUT2D eigenvalue weighted by Gasteiger charge is 2.25. The normalized spacial score (nSPS) is 17.7. The van der Waals surface area contributed by atoms with Gasteiger partial charge in [-0.1, -0.05) is 6.07 Å². The summed E-state index contributed by atoms with van der Waals surface area (Å²) < 4.78 is 5.65. The van der Waals surface area contributed by atoms with E-state index in [1.807, 2.05) is 23.1 Å². The molecule has 0 bridgehead atoms. The molecule has 1 N–H and O–H groups in total. The number of carbonyl (C=O) groups is 2. The van der Waals surface area contributed by atoms with E-state index in [0.29, 0.717) is 32.7 Å². The quantitative estimate of drug-likeness (QED) is 0.651. The van der Waals surface area contributed by atoms with Crippen molar-refractivity contribution >= 4 is 23.6 Å². The Balaban J connectivity index is 1.67. The van der Waals surface area contributed by atoms with Crippen LogP contribution in [-0.2, 0) is 20.1 Å². The van der Waals surface area contributed by atoms with Gasteiger partial charge in [0.25, 0.3) is 0 Å². The van der Waals surface area contributed by atoms with Gasteiger partial charge in [0.15, 0.2) is 0 Å². The highest BCUT2D eigenvalue weighted by atomic mass is 32.2. The number of likely N-dealkylation sites (N-methyl/N-ethyl adjacent to an activating group) is 1. The Labute approximate surface area is 152 Å². The Kier molecular flexibility index (Phi) is 8.17. The molecule has 1 aliphatic rings. The van der Waals surface area contributed by atoms with Crippen LogP contribution in [0.5, 0.6) is 0 Å². The minimum Gasteiger partial charge on any atom is -0.480 e. The first-order valence-corrected chi connectivity index (χ1v) is 9.47. The Bertz CT molecular complexity index is 558. The Morgan fingerprint density at radius 1 is 1.48 bits per heavy atom. The van der Waals surface area contributed by atoms with E-state index >= 15 is 0 Å². The molecule has 25 heavy (non-hydrogen) atoms. The number of carboxylic acid groups (broad SMARTS) is 1. The van der Waals surface area contributed by atoms with Crippen molar-refractivity contribution < 1.29 is 19.4 Å². The monoisotopic (exact) mass is 367 g/mol. The summed E-state index contributed by atoms with van der Waals surface area (Å²) in [4.78, 5) is 30.9. The van der Waals surface area contributed by atoms with Gasteiger partial charge < -0.3 is 14.7 Å². The van der Waals surface area contributed by atoms with Crippen LogP contribution in [-0.4, -0.2) is 83.5 Å². The highest BCUT2D eigenvalue weighted by molar-refractivity contribution is 7.98. The Morgan fingerprint density at radius 3 is 3.04 bits per heavy atom. The molecule has 1 aliphatic heterocycles. The molecule has 0 aromatic carbocycles. The number of thioether (sulfide) groups is 1. The molecule has 1 aromatic heterocycles. The van der Waals surface area contributed by atoms with Crippen LogP contribution < -0.4 is 0 Å². The Morgan fingerprint density at radius 2 is 2.32 bits per heavy atom. The summed E-state index contributed by atoms with van der Waals surface area (Å²) in [6, 6.07) is 5.83. The second-order valence-electron chi connectivity index (χ2n) is 6.05. The first-order valence-electron chi connectivity index (χ1n) is 8.32. The van der Waals surface area contributed by atoms with Crippen LogP contribution in [0.15, 0.2) is 24.4 Å². The first kappa shape index (κ1) is 19.7. The topological polar surface area (TPSA) is 83.0 Å². The Hall–Kier alpha value is -1.64. The van der Waals surface area contributed by atoms with Crippen LogP contribution in [0.1, 0.15) is 12.1 Å². The molecule has 2 rings (SSSR count).